The zero-order chi connectivity index (χ0) is 19.3. The van der Waals surface area contributed by atoms with E-state index < -0.39 is 0 Å². The number of aliphatic imine (C=N–C) groups is 1. The highest BCUT2D eigenvalue weighted by atomic mass is 127. The predicted octanol–water partition coefficient (Wildman–Crippen LogP) is 3.59. The minimum atomic E-state index is 0. The number of hydrogen-bond acceptors (Lipinski definition) is 4. The molecule has 1 aromatic rings. The van der Waals surface area contributed by atoms with Crippen LogP contribution in [0.2, 0.25) is 0 Å². The van der Waals surface area contributed by atoms with Gasteiger partial charge in [-0.3, -0.25) is 4.99 Å². The second-order valence-corrected chi connectivity index (χ2v) is 7.82. The average Bonchev–Trinajstić information content (AvgIpc) is 3.17. The van der Waals surface area contributed by atoms with Crippen LogP contribution in [0.1, 0.15) is 51.7 Å². The Morgan fingerprint density at radius 2 is 2.18 bits per heavy atom. The first-order chi connectivity index (χ1) is 13.2. The summed E-state index contributed by atoms with van der Waals surface area (Å²) in [6, 6.07) is 3.90. The number of furan rings is 1. The van der Waals surface area contributed by atoms with Crippen LogP contribution in [0.15, 0.2) is 27.8 Å². The van der Waals surface area contributed by atoms with Crippen molar-refractivity contribution >= 4 is 29.9 Å². The molecule has 0 aliphatic carbocycles. The van der Waals surface area contributed by atoms with E-state index in [9.17, 15) is 5.11 Å². The van der Waals surface area contributed by atoms with Crippen LogP contribution in [-0.2, 0) is 11.2 Å². The molecule has 162 valence electrons. The molecule has 2 unspecified atom stereocenters. The van der Waals surface area contributed by atoms with Gasteiger partial charge in [-0.1, -0.05) is 13.8 Å². The molecule has 0 aromatic carbocycles. The maximum atomic E-state index is 9.33. The minimum absolute atomic E-state index is 0. The Morgan fingerprint density at radius 3 is 2.82 bits per heavy atom. The Hall–Kier alpha value is -0.800. The van der Waals surface area contributed by atoms with Crippen LogP contribution in [0.25, 0.3) is 0 Å². The van der Waals surface area contributed by atoms with Gasteiger partial charge in [-0.25, -0.2) is 0 Å². The zero-order valence-electron chi connectivity index (χ0n) is 17.4. The topological polar surface area (TPSA) is 79.0 Å². The number of hydrogen-bond donors (Lipinski definition) is 3. The van der Waals surface area contributed by atoms with Crippen molar-refractivity contribution in [2.45, 2.75) is 58.5 Å². The second kappa shape index (κ2) is 15.1. The van der Waals surface area contributed by atoms with Crippen LogP contribution in [0.5, 0.6) is 0 Å². The summed E-state index contributed by atoms with van der Waals surface area (Å²) in [5, 5.41) is 16.2. The lowest BCUT2D eigenvalue weighted by molar-refractivity contribution is 0.0194. The van der Waals surface area contributed by atoms with Crippen LogP contribution >= 0.6 is 24.0 Å². The standard InChI is InChI=1S/C21H37N3O3.HI/c1-17(2)14-18(9-11-25)15-23-21(22-10-8-19-7-5-13-26-19)24-16-20-6-3-4-12-27-20;/h5,7,13,17-18,20,25H,3-4,6,8-12,14-16H2,1-2H3,(H2,22,23,24);1H. The van der Waals surface area contributed by atoms with Gasteiger partial charge >= 0.3 is 0 Å². The molecule has 7 heteroatoms. The molecular weight excluding hydrogens is 469 g/mol. The third-order valence-corrected chi connectivity index (χ3v) is 4.86. The van der Waals surface area contributed by atoms with Gasteiger partial charge in [0, 0.05) is 39.3 Å². The lowest BCUT2D eigenvalue weighted by Gasteiger charge is -2.24. The van der Waals surface area contributed by atoms with Gasteiger partial charge in [-0.05, 0) is 56.1 Å². The van der Waals surface area contributed by atoms with Gasteiger partial charge in [0.05, 0.1) is 12.4 Å². The number of halogens is 1. The molecule has 0 amide bonds. The van der Waals surface area contributed by atoms with Crippen LogP contribution in [0.4, 0.5) is 0 Å². The normalized spacial score (nSPS) is 18.6. The highest BCUT2D eigenvalue weighted by molar-refractivity contribution is 14.0. The van der Waals surface area contributed by atoms with Gasteiger partial charge in [-0.2, -0.15) is 0 Å². The van der Waals surface area contributed by atoms with Gasteiger partial charge in [0.1, 0.15) is 5.76 Å². The number of nitrogens with one attached hydrogen (secondary N) is 2. The Bertz CT molecular complexity index is 517. The third kappa shape index (κ3) is 10.7. The molecule has 2 atom stereocenters. The van der Waals surface area contributed by atoms with E-state index in [2.05, 4.69) is 24.5 Å². The molecule has 0 spiro atoms. The Balaban J connectivity index is 0.00000392. The zero-order valence-corrected chi connectivity index (χ0v) is 19.7. The summed E-state index contributed by atoms with van der Waals surface area (Å²) >= 11 is 0. The van der Waals surface area contributed by atoms with Crippen molar-refractivity contribution in [2.24, 2.45) is 16.8 Å². The molecule has 1 aliphatic heterocycles. The van der Waals surface area contributed by atoms with Crippen molar-refractivity contribution in [3.8, 4) is 0 Å². The molecule has 0 bridgehead atoms. The second-order valence-electron chi connectivity index (χ2n) is 7.82. The molecule has 2 rings (SSSR count). The lowest BCUT2D eigenvalue weighted by atomic mass is 9.94. The van der Waals surface area contributed by atoms with Gasteiger partial charge in [0.2, 0.25) is 0 Å². The first-order valence-electron chi connectivity index (χ1n) is 10.4. The molecule has 0 saturated carbocycles. The molecule has 28 heavy (non-hydrogen) atoms. The predicted molar refractivity (Wildman–Crippen MR) is 124 cm³/mol. The van der Waals surface area contributed by atoms with Crippen LogP contribution in [0, 0.1) is 11.8 Å². The smallest absolute Gasteiger partial charge is 0.191 e. The molecule has 1 aromatic heterocycles. The van der Waals surface area contributed by atoms with Crippen molar-refractivity contribution in [2.75, 3.05) is 32.8 Å². The van der Waals surface area contributed by atoms with E-state index in [1.807, 2.05) is 12.1 Å². The molecule has 1 saturated heterocycles. The number of nitrogens with zero attached hydrogens (tertiary/aromatic N) is 1. The summed E-state index contributed by atoms with van der Waals surface area (Å²) in [6.45, 7) is 7.78. The quantitative estimate of drug-likeness (QED) is 0.243. The number of guanidine groups is 1. The van der Waals surface area contributed by atoms with E-state index in [4.69, 9.17) is 14.1 Å². The maximum absolute atomic E-state index is 9.33. The van der Waals surface area contributed by atoms with Crippen molar-refractivity contribution < 1.29 is 14.3 Å². The molecule has 3 N–H and O–H groups in total. The SMILES string of the molecule is CC(C)CC(CCO)CN=C(NCCc1ccco1)NCC1CCCCO1.I. The highest BCUT2D eigenvalue weighted by Crippen LogP contribution is 2.15. The van der Waals surface area contributed by atoms with E-state index in [-0.39, 0.29) is 36.7 Å². The summed E-state index contributed by atoms with van der Waals surface area (Å²) in [4.78, 5) is 4.80. The molecule has 1 fully saturated rings. The third-order valence-electron chi connectivity index (χ3n) is 4.86. The van der Waals surface area contributed by atoms with E-state index in [1.165, 1.54) is 6.42 Å². The Kier molecular flexibility index (Phi) is 13.6. The Labute approximate surface area is 186 Å². The van der Waals surface area contributed by atoms with Crippen LogP contribution in [0.3, 0.4) is 0 Å². The highest BCUT2D eigenvalue weighted by Gasteiger charge is 2.15. The van der Waals surface area contributed by atoms with E-state index in [1.54, 1.807) is 6.26 Å². The number of ether oxygens (including phenoxy) is 1. The van der Waals surface area contributed by atoms with Crippen molar-refractivity contribution in [3.05, 3.63) is 24.2 Å². The lowest BCUT2D eigenvalue weighted by Crippen LogP contribution is -2.43. The summed E-state index contributed by atoms with van der Waals surface area (Å²) in [5.41, 5.74) is 0. The number of aliphatic hydroxyl groups excluding tert-OH is 1. The van der Waals surface area contributed by atoms with Crippen molar-refractivity contribution in [1.29, 1.82) is 0 Å². The first-order valence-corrected chi connectivity index (χ1v) is 10.4. The molecular formula is C21H38IN3O3. The van der Waals surface area contributed by atoms with Gasteiger partial charge in [0.25, 0.3) is 0 Å². The maximum Gasteiger partial charge on any atom is 0.191 e. The van der Waals surface area contributed by atoms with E-state index in [0.717, 1.165) is 70.1 Å². The summed E-state index contributed by atoms with van der Waals surface area (Å²) in [7, 11) is 0. The van der Waals surface area contributed by atoms with Crippen molar-refractivity contribution in [3.63, 3.8) is 0 Å². The summed E-state index contributed by atoms with van der Waals surface area (Å²) < 4.78 is 11.2. The molecule has 6 nitrogen and oxygen atoms in total. The summed E-state index contributed by atoms with van der Waals surface area (Å²) in [6.07, 6.45) is 8.16. The molecule has 1 aliphatic rings. The fourth-order valence-electron chi connectivity index (χ4n) is 3.47. The summed E-state index contributed by atoms with van der Waals surface area (Å²) in [5.74, 6) is 2.80. The number of rotatable bonds is 11. The van der Waals surface area contributed by atoms with Gasteiger partial charge in [0.15, 0.2) is 5.96 Å². The fraction of sp³-hybridized carbons (Fsp3) is 0.762. The van der Waals surface area contributed by atoms with E-state index >= 15 is 0 Å². The fourth-order valence-corrected chi connectivity index (χ4v) is 3.47. The van der Waals surface area contributed by atoms with E-state index in [0.29, 0.717) is 11.8 Å². The molecule has 2 heterocycles. The van der Waals surface area contributed by atoms with Gasteiger partial charge in [-0.15, -0.1) is 24.0 Å². The monoisotopic (exact) mass is 507 g/mol. The molecule has 0 radical (unpaired) electrons. The first kappa shape index (κ1) is 25.2. The van der Waals surface area contributed by atoms with Crippen LogP contribution in [-0.4, -0.2) is 50.0 Å². The minimum Gasteiger partial charge on any atom is -0.469 e. The largest absolute Gasteiger partial charge is 0.469 e. The van der Waals surface area contributed by atoms with Gasteiger partial charge < -0.3 is 24.9 Å². The van der Waals surface area contributed by atoms with Crippen LogP contribution < -0.4 is 10.6 Å². The van der Waals surface area contributed by atoms with Crippen molar-refractivity contribution in [1.82, 2.24) is 10.6 Å². The Morgan fingerprint density at radius 1 is 1.32 bits per heavy atom. The number of aliphatic hydroxyl groups is 1. The average molecular weight is 507 g/mol.